The number of aromatic nitrogens is 4. The van der Waals surface area contributed by atoms with Crippen molar-refractivity contribution in [1.29, 1.82) is 0 Å². The minimum atomic E-state index is -0.310. The van der Waals surface area contributed by atoms with Crippen LogP contribution in [0.5, 0.6) is 5.75 Å². The van der Waals surface area contributed by atoms with E-state index in [1.807, 2.05) is 11.4 Å². The second kappa shape index (κ2) is 7.61. The van der Waals surface area contributed by atoms with Crippen molar-refractivity contribution in [3.05, 3.63) is 64.1 Å². The fraction of sp³-hybridized carbons (Fsp3) is 0.167. The molecule has 3 heterocycles. The van der Waals surface area contributed by atoms with Crippen molar-refractivity contribution in [2.24, 2.45) is 0 Å². The SMILES string of the molecule is COc1ccccc1NC(=O)Cc1noc(Cn2cnc3sccc3c2=O)n1. The van der Waals surface area contributed by atoms with Crippen molar-refractivity contribution in [1.82, 2.24) is 19.7 Å². The van der Waals surface area contributed by atoms with E-state index in [2.05, 4.69) is 20.4 Å². The number of nitrogens with zero attached hydrogens (tertiary/aromatic N) is 4. The molecular weight excluding hydrogens is 382 g/mol. The Hall–Kier alpha value is -3.53. The number of benzene rings is 1. The zero-order chi connectivity index (χ0) is 19.5. The van der Waals surface area contributed by atoms with Crippen LogP contribution in [0, 0.1) is 0 Å². The third-order valence-electron chi connectivity index (χ3n) is 3.97. The molecule has 0 spiro atoms. The fourth-order valence-corrected chi connectivity index (χ4v) is 3.39. The monoisotopic (exact) mass is 397 g/mol. The zero-order valence-corrected chi connectivity index (χ0v) is 15.6. The Balaban J connectivity index is 1.44. The molecule has 10 heteroatoms. The molecule has 0 aliphatic rings. The molecule has 28 heavy (non-hydrogen) atoms. The molecule has 0 saturated carbocycles. The van der Waals surface area contributed by atoms with Crippen LogP contribution in [0.25, 0.3) is 10.2 Å². The number of thiophene rings is 1. The lowest BCUT2D eigenvalue weighted by atomic mass is 10.2. The number of para-hydroxylation sites is 2. The highest BCUT2D eigenvalue weighted by molar-refractivity contribution is 7.16. The molecule has 9 nitrogen and oxygen atoms in total. The molecule has 0 aliphatic heterocycles. The van der Waals surface area contributed by atoms with Crippen LogP contribution in [0.4, 0.5) is 5.69 Å². The van der Waals surface area contributed by atoms with Gasteiger partial charge in [0.15, 0.2) is 5.82 Å². The molecule has 0 radical (unpaired) electrons. The van der Waals surface area contributed by atoms with Crippen molar-refractivity contribution in [2.75, 3.05) is 12.4 Å². The summed E-state index contributed by atoms with van der Waals surface area (Å²) in [7, 11) is 1.53. The number of rotatable bonds is 6. The van der Waals surface area contributed by atoms with Gasteiger partial charge in [0.25, 0.3) is 5.56 Å². The smallest absolute Gasteiger partial charge is 0.262 e. The highest BCUT2D eigenvalue weighted by atomic mass is 32.1. The molecule has 1 amide bonds. The number of ether oxygens (including phenoxy) is 1. The molecular formula is C18H15N5O4S. The Morgan fingerprint density at radius 3 is 3.04 bits per heavy atom. The number of hydrogen-bond donors (Lipinski definition) is 1. The van der Waals surface area contributed by atoms with E-state index in [1.54, 1.807) is 24.3 Å². The second-order valence-electron chi connectivity index (χ2n) is 5.85. The molecule has 1 N–H and O–H groups in total. The Labute approximate surface area is 162 Å². The minimum absolute atomic E-state index is 0.0712. The minimum Gasteiger partial charge on any atom is -0.495 e. The summed E-state index contributed by atoms with van der Waals surface area (Å²) in [5.74, 6) is 0.689. The number of methoxy groups -OCH3 is 1. The summed E-state index contributed by atoms with van der Waals surface area (Å²) in [6.07, 6.45) is 1.37. The topological polar surface area (TPSA) is 112 Å². The van der Waals surface area contributed by atoms with Gasteiger partial charge in [0.05, 0.1) is 30.9 Å². The molecule has 0 aliphatic carbocycles. The summed E-state index contributed by atoms with van der Waals surface area (Å²) in [4.78, 5) is 33.7. The summed E-state index contributed by atoms with van der Waals surface area (Å²) in [5, 5.41) is 8.91. The standard InChI is InChI=1S/C18H15N5O4S/c1-26-13-5-3-2-4-12(13)20-15(24)8-14-21-16(27-22-14)9-23-10-19-17-11(18(23)25)6-7-28-17/h2-7,10H,8-9H2,1H3,(H,20,24). The van der Waals surface area contributed by atoms with Crippen LogP contribution in [-0.4, -0.2) is 32.7 Å². The van der Waals surface area contributed by atoms with Crippen molar-refractivity contribution in [2.45, 2.75) is 13.0 Å². The molecule has 4 aromatic rings. The summed E-state index contributed by atoms with van der Waals surface area (Å²) in [6.45, 7) is 0.0821. The molecule has 0 saturated heterocycles. The van der Waals surface area contributed by atoms with Gasteiger partial charge in [-0.2, -0.15) is 4.98 Å². The highest BCUT2D eigenvalue weighted by Gasteiger charge is 2.14. The quantitative estimate of drug-likeness (QED) is 0.530. The van der Waals surface area contributed by atoms with Gasteiger partial charge in [0, 0.05) is 0 Å². The maximum atomic E-state index is 12.4. The maximum absolute atomic E-state index is 12.4. The van der Waals surface area contributed by atoms with E-state index in [0.717, 1.165) is 0 Å². The summed E-state index contributed by atoms with van der Waals surface area (Å²) in [5.41, 5.74) is 0.375. The Morgan fingerprint density at radius 1 is 1.32 bits per heavy atom. The van der Waals surface area contributed by atoms with Crippen molar-refractivity contribution < 1.29 is 14.1 Å². The number of hydrogen-bond acceptors (Lipinski definition) is 8. The van der Waals surface area contributed by atoms with E-state index in [-0.39, 0.29) is 36.1 Å². The van der Waals surface area contributed by atoms with E-state index in [0.29, 0.717) is 21.7 Å². The lowest BCUT2D eigenvalue weighted by molar-refractivity contribution is -0.115. The van der Waals surface area contributed by atoms with E-state index in [1.165, 1.54) is 29.3 Å². The molecule has 3 aromatic heterocycles. The number of carbonyl (C=O) groups excluding carboxylic acids is 1. The van der Waals surface area contributed by atoms with Crippen LogP contribution in [0.3, 0.4) is 0 Å². The lowest BCUT2D eigenvalue weighted by Gasteiger charge is -2.08. The number of amides is 1. The van der Waals surface area contributed by atoms with Gasteiger partial charge in [-0.25, -0.2) is 4.98 Å². The van der Waals surface area contributed by atoms with Gasteiger partial charge in [-0.1, -0.05) is 17.3 Å². The average Bonchev–Trinajstić information content (AvgIpc) is 3.34. The highest BCUT2D eigenvalue weighted by Crippen LogP contribution is 2.23. The molecule has 1 aromatic carbocycles. The normalized spacial score (nSPS) is 10.9. The first kappa shape index (κ1) is 17.9. The number of anilines is 1. The molecule has 0 bridgehead atoms. The number of nitrogens with one attached hydrogen (secondary N) is 1. The molecule has 4 rings (SSSR count). The van der Waals surface area contributed by atoms with E-state index >= 15 is 0 Å². The van der Waals surface area contributed by atoms with Crippen LogP contribution in [0.2, 0.25) is 0 Å². The third kappa shape index (κ3) is 3.62. The molecule has 0 unspecified atom stereocenters. The van der Waals surface area contributed by atoms with Crippen LogP contribution >= 0.6 is 11.3 Å². The molecule has 142 valence electrons. The second-order valence-corrected chi connectivity index (χ2v) is 6.74. The van der Waals surface area contributed by atoms with E-state index in [9.17, 15) is 9.59 Å². The predicted molar refractivity (Wildman–Crippen MR) is 103 cm³/mol. The van der Waals surface area contributed by atoms with Crippen molar-refractivity contribution in [3.63, 3.8) is 0 Å². The predicted octanol–water partition coefficient (Wildman–Crippen LogP) is 2.08. The Morgan fingerprint density at radius 2 is 2.18 bits per heavy atom. The van der Waals surface area contributed by atoms with Crippen LogP contribution in [0.15, 0.2) is 51.4 Å². The maximum Gasteiger partial charge on any atom is 0.262 e. The first-order valence-electron chi connectivity index (χ1n) is 8.31. The fourth-order valence-electron chi connectivity index (χ4n) is 2.66. The summed E-state index contributed by atoms with van der Waals surface area (Å²) >= 11 is 1.40. The molecule has 0 fully saturated rings. The van der Waals surface area contributed by atoms with Crippen LogP contribution < -0.4 is 15.6 Å². The lowest BCUT2D eigenvalue weighted by Crippen LogP contribution is -2.20. The average molecular weight is 397 g/mol. The van der Waals surface area contributed by atoms with Gasteiger partial charge in [-0.15, -0.1) is 11.3 Å². The van der Waals surface area contributed by atoms with Crippen LogP contribution in [0.1, 0.15) is 11.7 Å². The van der Waals surface area contributed by atoms with Crippen molar-refractivity contribution in [3.8, 4) is 5.75 Å². The van der Waals surface area contributed by atoms with Gasteiger partial charge in [0.1, 0.15) is 17.1 Å². The number of fused-ring (bicyclic) bond motifs is 1. The Kier molecular flexibility index (Phi) is 4.85. The zero-order valence-electron chi connectivity index (χ0n) is 14.8. The first-order valence-corrected chi connectivity index (χ1v) is 9.19. The van der Waals surface area contributed by atoms with E-state index in [4.69, 9.17) is 9.26 Å². The van der Waals surface area contributed by atoms with Gasteiger partial charge in [0.2, 0.25) is 11.8 Å². The largest absolute Gasteiger partial charge is 0.495 e. The van der Waals surface area contributed by atoms with Gasteiger partial charge >= 0.3 is 0 Å². The number of carbonyl (C=O) groups is 1. The van der Waals surface area contributed by atoms with Gasteiger partial charge < -0.3 is 14.6 Å². The summed E-state index contributed by atoms with van der Waals surface area (Å²) < 4.78 is 11.8. The summed E-state index contributed by atoms with van der Waals surface area (Å²) in [6, 6.07) is 8.81. The Bertz CT molecular complexity index is 1200. The molecule has 0 atom stereocenters. The first-order chi connectivity index (χ1) is 13.6. The van der Waals surface area contributed by atoms with Crippen LogP contribution in [-0.2, 0) is 17.8 Å². The van der Waals surface area contributed by atoms with E-state index < -0.39 is 0 Å². The third-order valence-corrected chi connectivity index (χ3v) is 4.79. The van der Waals surface area contributed by atoms with Crippen molar-refractivity contribution >= 4 is 33.1 Å². The van der Waals surface area contributed by atoms with Gasteiger partial charge in [-0.05, 0) is 23.6 Å². The van der Waals surface area contributed by atoms with Gasteiger partial charge in [-0.3, -0.25) is 14.2 Å².